The number of imidazole rings is 1. The highest BCUT2D eigenvalue weighted by Gasteiger charge is 2.09. The number of rotatable bonds is 4. The first-order valence-electron chi connectivity index (χ1n) is 4.83. The SMILES string of the molecule is CC(C)(C)CCOCn1ccnc1N. The van der Waals surface area contributed by atoms with Gasteiger partial charge in [0.1, 0.15) is 6.73 Å². The van der Waals surface area contributed by atoms with Gasteiger partial charge in [-0.15, -0.1) is 0 Å². The molecule has 0 aliphatic heterocycles. The van der Waals surface area contributed by atoms with Crippen LogP contribution in [0.3, 0.4) is 0 Å². The number of aromatic nitrogens is 2. The lowest BCUT2D eigenvalue weighted by Crippen LogP contribution is -2.12. The van der Waals surface area contributed by atoms with Gasteiger partial charge in [0.25, 0.3) is 0 Å². The molecule has 0 saturated heterocycles. The molecular weight excluding hydrogens is 178 g/mol. The fourth-order valence-electron chi connectivity index (χ4n) is 0.991. The molecule has 1 rings (SSSR count). The van der Waals surface area contributed by atoms with Crippen LogP contribution in [0.25, 0.3) is 0 Å². The molecule has 1 aromatic rings. The monoisotopic (exact) mass is 197 g/mol. The van der Waals surface area contributed by atoms with E-state index in [0.29, 0.717) is 18.1 Å². The maximum absolute atomic E-state index is 5.58. The zero-order valence-corrected chi connectivity index (χ0v) is 9.16. The van der Waals surface area contributed by atoms with Crippen molar-refractivity contribution in [3.05, 3.63) is 12.4 Å². The van der Waals surface area contributed by atoms with E-state index in [1.54, 1.807) is 10.8 Å². The third kappa shape index (κ3) is 3.79. The molecule has 0 bridgehead atoms. The van der Waals surface area contributed by atoms with Crippen LogP contribution in [-0.4, -0.2) is 16.2 Å². The predicted octanol–water partition coefficient (Wildman–Crippen LogP) is 1.88. The largest absolute Gasteiger partial charge is 0.369 e. The summed E-state index contributed by atoms with van der Waals surface area (Å²) in [6.07, 6.45) is 4.52. The van der Waals surface area contributed by atoms with Crippen molar-refractivity contribution in [2.45, 2.75) is 33.9 Å². The van der Waals surface area contributed by atoms with E-state index in [2.05, 4.69) is 25.8 Å². The van der Waals surface area contributed by atoms with Crippen molar-refractivity contribution in [3.8, 4) is 0 Å². The Hall–Kier alpha value is -1.03. The summed E-state index contributed by atoms with van der Waals surface area (Å²) in [6.45, 7) is 7.83. The van der Waals surface area contributed by atoms with Crippen LogP contribution in [-0.2, 0) is 11.5 Å². The summed E-state index contributed by atoms with van der Waals surface area (Å²) < 4.78 is 7.26. The zero-order chi connectivity index (χ0) is 10.6. The van der Waals surface area contributed by atoms with Gasteiger partial charge >= 0.3 is 0 Å². The van der Waals surface area contributed by atoms with Crippen LogP contribution in [0, 0.1) is 5.41 Å². The van der Waals surface area contributed by atoms with Gasteiger partial charge in [-0.3, -0.25) is 4.57 Å². The van der Waals surface area contributed by atoms with Crippen molar-refractivity contribution >= 4 is 5.95 Å². The minimum atomic E-state index is 0.320. The molecule has 0 radical (unpaired) electrons. The number of hydrogen-bond acceptors (Lipinski definition) is 3. The second kappa shape index (κ2) is 4.46. The lowest BCUT2D eigenvalue weighted by Gasteiger charge is -2.17. The first-order chi connectivity index (χ1) is 6.49. The minimum Gasteiger partial charge on any atom is -0.369 e. The Kier molecular flexibility index (Phi) is 3.52. The van der Waals surface area contributed by atoms with E-state index in [9.17, 15) is 0 Å². The Morgan fingerprint density at radius 1 is 1.50 bits per heavy atom. The van der Waals surface area contributed by atoms with Gasteiger partial charge in [0, 0.05) is 19.0 Å². The van der Waals surface area contributed by atoms with Gasteiger partial charge in [-0.1, -0.05) is 20.8 Å². The molecule has 0 unspecified atom stereocenters. The van der Waals surface area contributed by atoms with Crippen molar-refractivity contribution in [2.24, 2.45) is 5.41 Å². The summed E-state index contributed by atoms with van der Waals surface area (Å²) in [5.41, 5.74) is 5.90. The first kappa shape index (κ1) is 11.0. The van der Waals surface area contributed by atoms with E-state index in [1.807, 2.05) is 6.20 Å². The maximum Gasteiger partial charge on any atom is 0.202 e. The standard InChI is InChI=1S/C10H19N3O/c1-10(2,3)4-7-14-8-13-6-5-12-9(13)11/h5-6H,4,7-8H2,1-3H3,(H2,11,12). The number of anilines is 1. The molecule has 0 aromatic carbocycles. The molecule has 0 saturated carbocycles. The highest BCUT2D eigenvalue weighted by atomic mass is 16.5. The molecule has 4 heteroatoms. The molecule has 2 N–H and O–H groups in total. The third-order valence-corrected chi connectivity index (χ3v) is 1.97. The molecule has 0 spiro atoms. The second-order valence-corrected chi connectivity index (χ2v) is 4.60. The van der Waals surface area contributed by atoms with E-state index in [-0.39, 0.29) is 0 Å². The molecule has 1 aromatic heterocycles. The number of ether oxygens (including phenoxy) is 1. The van der Waals surface area contributed by atoms with Crippen LogP contribution < -0.4 is 5.73 Å². The number of nitrogen functional groups attached to an aromatic ring is 1. The summed E-state index contributed by atoms with van der Waals surface area (Å²) >= 11 is 0. The van der Waals surface area contributed by atoms with Crippen molar-refractivity contribution in [3.63, 3.8) is 0 Å². The second-order valence-electron chi connectivity index (χ2n) is 4.60. The van der Waals surface area contributed by atoms with Gasteiger partial charge in [-0.05, 0) is 11.8 Å². The molecule has 14 heavy (non-hydrogen) atoms. The Morgan fingerprint density at radius 3 is 2.71 bits per heavy atom. The summed E-state index contributed by atoms with van der Waals surface area (Å²) in [7, 11) is 0. The molecule has 80 valence electrons. The average molecular weight is 197 g/mol. The van der Waals surface area contributed by atoms with E-state index >= 15 is 0 Å². The van der Waals surface area contributed by atoms with E-state index in [4.69, 9.17) is 10.5 Å². The normalized spacial score (nSPS) is 11.9. The van der Waals surface area contributed by atoms with Crippen molar-refractivity contribution in [1.82, 2.24) is 9.55 Å². The minimum absolute atomic E-state index is 0.320. The van der Waals surface area contributed by atoms with Gasteiger partial charge in [0.05, 0.1) is 0 Å². The van der Waals surface area contributed by atoms with Crippen LogP contribution in [0.5, 0.6) is 0 Å². The average Bonchev–Trinajstić information content (AvgIpc) is 2.44. The Bertz CT molecular complexity index is 275. The quantitative estimate of drug-likeness (QED) is 0.750. The van der Waals surface area contributed by atoms with Gasteiger partial charge in [0.2, 0.25) is 5.95 Å². The van der Waals surface area contributed by atoms with E-state index < -0.39 is 0 Å². The molecule has 0 aliphatic rings. The molecule has 0 aliphatic carbocycles. The zero-order valence-electron chi connectivity index (χ0n) is 9.16. The highest BCUT2D eigenvalue weighted by Crippen LogP contribution is 2.18. The summed E-state index contributed by atoms with van der Waals surface area (Å²) in [5, 5.41) is 0. The fraction of sp³-hybridized carbons (Fsp3) is 0.700. The number of hydrogen-bond donors (Lipinski definition) is 1. The van der Waals surface area contributed by atoms with Crippen LogP contribution in [0.2, 0.25) is 0 Å². The van der Waals surface area contributed by atoms with Crippen LogP contribution in [0.4, 0.5) is 5.95 Å². The molecule has 0 fully saturated rings. The van der Waals surface area contributed by atoms with E-state index in [1.165, 1.54) is 0 Å². The van der Waals surface area contributed by atoms with Crippen LogP contribution >= 0.6 is 0 Å². The first-order valence-corrected chi connectivity index (χ1v) is 4.83. The van der Waals surface area contributed by atoms with Crippen LogP contribution in [0.15, 0.2) is 12.4 Å². The Labute approximate surface area is 85.1 Å². The summed E-state index contributed by atoms with van der Waals surface area (Å²) in [6, 6.07) is 0. The smallest absolute Gasteiger partial charge is 0.202 e. The predicted molar refractivity (Wildman–Crippen MR) is 56.7 cm³/mol. The molecule has 4 nitrogen and oxygen atoms in total. The Balaban J connectivity index is 2.20. The van der Waals surface area contributed by atoms with Gasteiger partial charge in [-0.2, -0.15) is 0 Å². The van der Waals surface area contributed by atoms with Crippen molar-refractivity contribution < 1.29 is 4.74 Å². The van der Waals surface area contributed by atoms with Gasteiger partial charge < -0.3 is 10.5 Å². The Morgan fingerprint density at radius 2 is 2.21 bits per heavy atom. The summed E-state index contributed by atoms with van der Waals surface area (Å²) in [5.74, 6) is 0.501. The molecule has 0 amide bonds. The molecule has 1 heterocycles. The maximum atomic E-state index is 5.58. The van der Waals surface area contributed by atoms with Crippen LogP contribution in [0.1, 0.15) is 27.2 Å². The van der Waals surface area contributed by atoms with Crippen molar-refractivity contribution in [1.29, 1.82) is 0 Å². The third-order valence-electron chi connectivity index (χ3n) is 1.97. The van der Waals surface area contributed by atoms with Crippen molar-refractivity contribution in [2.75, 3.05) is 12.3 Å². The number of nitrogens with two attached hydrogens (primary N) is 1. The lowest BCUT2D eigenvalue weighted by molar-refractivity contribution is 0.0600. The summed E-state index contributed by atoms with van der Waals surface area (Å²) in [4.78, 5) is 3.90. The molecular formula is C10H19N3O. The lowest BCUT2D eigenvalue weighted by atomic mass is 9.93. The topological polar surface area (TPSA) is 53.1 Å². The van der Waals surface area contributed by atoms with Gasteiger partial charge in [-0.25, -0.2) is 4.98 Å². The number of nitrogens with zero attached hydrogens (tertiary/aromatic N) is 2. The highest BCUT2D eigenvalue weighted by molar-refractivity contribution is 5.15. The fourth-order valence-corrected chi connectivity index (χ4v) is 0.991. The van der Waals surface area contributed by atoms with Gasteiger partial charge in [0.15, 0.2) is 0 Å². The van der Waals surface area contributed by atoms with E-state index in [0.717, 1.165) is 13.0 Å². The molecule has 0 atom stereocenters.